The van der Waals surface area contributed by atoms with Gasteiger partial charge in [-0.3, -0.25) is 0 Å². The van der Waals surface area contributed by atoms with Gasteiger partial charge in [-0.05, 0) is 26.5 Å². The van der Waals surface area contributed by atoms with Gasteiger partial charge in [-0.15, -0.1) is 0 Å². The highest BCUT2D eigenvalue weighted by Crippen LogP contribution is 2.14. The van der Waals surface area contributed by atoms with Gasteiger partial charge in [0.25, 0.3) is 0 Å². The molecule has 3 heteroatoms. The highest BCUT2D eigenvalue weighted by molar-refractivity contribution is 5.24. The SMILES string of the molecule is Cc1cccc([C@@H](C)NCC2CN(C)CCO2)c1. The molecule has 1 aromatic carbocycles. The van der Waals surface area contributed by atoms with E-state index < -0.39 is 0 Å². The first-order valence-corrected chi connectivity index (χ1v) is 6.75. The summed E-state index contributed by atoms with van der Waals surface area (Å²) < 4.78 is 5.75. The first-order chi connectivity index (χ1) is 8.65. The van der Waals surface area contributed by atoms with Crippen LogP contribution in [0.1, 0.15) is 24.1 Å². The molecule has 1 aromatic rings. The Morgan fingerprint density at radius 3 is 3.06 bits per heavy atom. The number of likely N-dealkylation sites (N-methyl/N-ethyl adjacent to an activating group) is 1. The minimum absolute atomic E-state index is 0.316. The van der Waals surface area contributed by atoms with Crippen LogP contribution in [0, 0.1) is 6.92 Å². The molecule has 0 amide bonds. The number of hydrogen-bond donors (Lipinski definition) is 1. The first-order valence-electron chi connectivity index (χ1n) is 6.75. The summed E-state index contributed by atoms with van der Waals surface area (Å²) in [7, 11) is 2.15. The van der Waals surface area contributed by atoms with E-state index in [0.717, 1.165) is 26.2 Å². The fraction of sp³-hybridized carbons (Fsp3) is 0.600. The minimum atomic E-state index is 0.316. The Bertz CT molecular complexity index is 381. The lowest BCUT2D eigenvalue weighted by Crippen LogP contribution is -2.45. The lowest BCUT2D eigenvalue weighted by Gasteiger charge is -2.31. The monoisotopic (exact) mass is 248 g/mol. The van der Waals surface area contributed by atoms with Crippen molar-refractivity contribution in [1.29, 1.82) is 0 Å². The fourth-order valence-corrected chi connectivity index (χ4v) is 2.36. The van der Waals surface area contributed by atoms with Crippen molar-refractivity contribution in [3.05, 3.63) is 35.4 Å². The molecule has 1 unspecified atom stereocenters. The van der Waals surface area contributed by atoms with Crippen LogP contribution in [0.2, 0.25) is 0 Å². The molecule has 0 spiro atoms. The average molecular weight is 248 g/mol. The number of aryl methyl sites for hydroxylation is 1. The summed E-state index contributed by atoms with van der Waals surface area (Å²) in [6, 6.07) is 9.05. The quantitative estimate of drug-likeness (QED) is 0.882. The molecule has 0 aromatic heterocycles. The van der Waals surface area contributed by atoms with Crippen LogP contribution >= 0.6 is 0 Å². The van der Waals surface area contributed by atoms with Crippen molar-refractivity contribution in [2.24, 2.45) is 0 Å². The van der Waals surface area contributed by atoms with E-state index in [4.69, 9.17) is 4.74 Å². The van der Waals surface area contributed by atoms with Gasteiger partial charge in [0, 0.05) is 25.7 Å². The van der Waals surface area contributed by atoms with Gasteiger partial charge in [0.2, 0.25) is 0 Å². The van der Waals surface area contributed by atoms with Crippen LogP contribution in [0.4, 0.5) is 0 Å². The molecule has 1 N–H and O–H groups in total. The largest absolute Gasteiger partial charge is 0.374 e. The molecular formula is C15H24N2O. The Labute approximate surface area is 110 Å². The molecule has 1 aliphatic rings. The zero-order chi connectivity index (χ0) is 13.0. The third-order valence-electron chi connectivity index (χ3n) is 3.54. The van der Waals surface area contributed by atoms with Gasteiger partial charge < -0.3 is 15.0 Å². The Hall–Kier alpha value is -0.900. The van der Waals surface area contributed by atoms with E-state index in [9.17, 15) is 0 Å². The predicted octanol–water partition coefficient (Wildman–Crippen LogP) is 1.98. The van der Waals surface area contributed by atoms with Gasteiger partial charge in [0.1, 0.15) is 0 Å². The number of nitrogens with one attached hydrogen (secondary N) is 1. The van der Waals surface area contributed by atoms with E-state index in [2.05, 4.69) is 55.4 Å². The Kier molecular flexibility index (Phi) is 4.75. The van der Waals surface area contributed by atoms with Crippen LogP contribution in [-0.4, -0.2) is 44.3 Å². The minimum Gasteiger partial charge on any atom is -0.374 e. The van der Waals surface area contributed by atoms with Crippen molar-refractivity contribution in [2.75, 3.05) is 33.3 Å². The summed E-state index contributed by atoms with van der Waals surface area (Å²) in [5.74, 6) is 0. The first kappa shape index (κ1) is 13.5. The highest BCUT2D eigenvalue weighted by atomic mass is 16.5. The molecule has 0 aliphatic carbocycles. The highest BCUT2D eigenvalue weighted by Gasteiger charge is 2.18. The third-order valence-corrected chi connectivity index (χ3v) is 3.54. The summed E-state index contributed by atoms with van der Waals surface area (Å²) >= 11 is 0. The summed E-state index contributed by atoms with van der Waals surface area (Å²) in [5.41, 5.74) is 2.66. The maximum absolute atomic E-state index is 5.75. The third kappa shape index (κ3) is 3.80. The van der Waals surface area contributed by atoms with E-state index >= 15 is 0 Å². The van der Waals surface area contributed by atoms with Gasteiger partial charge >= 0.3 is 0 Å². The molecule has 0 bridgehead atoms. The molecule has 18 heavy (non-hydrogen) atoms. The van der Waals surface area contributed by atoms with Gasteiger partial charge in [-0.25, -0.2) is 0 Å². The molecule has 3 nitrogen and oxygen atoms in total. The van der Waals surface area contributed by atoms with Crippen LogP contribution in [-0.2, 0) is 4.74 Å². The number of rotatable bonds is 4. The van der Waals surface area contributed by atoms with Crippen LogP contribution in [0.3, 0.4) is 0 Å². The molecule has 1 saturated heterocycles. The Morgan fingerprint density at radius 2 is 2.33 bits per heavy atom. The lowest BCUT2D eigenvalue weighted by molar-refractivity contribution is -0.0190. The van der Waals surface area contributed by atoms with Gasteiger partial charge in [0.15, 0.2) is 0 Å². The van der Waals surface area contributed by atoms with Crippen LogP contribution in [0.5, 0.6) is 0 Å². The summed E-state index contributed by atoms with van der Waals surface area (Å²) in [6.07, 6.45) is 0.316. The fourth-order valence-electron chi connectivity index (χ4n) is 2.36. The van der Waals surface area contributed by atoms with E-state index in [1.54, 1.807) is 0 Å². The van der Waals surface area contributed by atoms with Gasteiger partial charge in [-0.2, -0.15) is 0 Å². The van der Waals surface area contributed by atoms with Crippen molar-refractivity contribution in [3.8, 4) is 0 Å². The second-order valence-corrected chi connectivity index (χ2v) is 5.30. The smallest absolute Gasteiger partial charge is 0.0826 e. The number of hydrogen-bond acceptors (Lipinski definition) is 3. The van der Waals surface area contributed by atoms with Crippen LogP contribution < -0.4 is 5.32 Å². The van der Waals surface area contributed by atoms with E-state index in [0.29, 0.717) is 12.1 Å². The normalized spacial score (nSPS) is 22.9. The maximum Gasteiger partial charge on any atom is 0.0826 e. The molecule has 100 valence electrons. The van der Waals surface area contributed by atoms with E-state index in [1.165, 1.54) is 11.1 Å². The standard InChI is InChI=1S/C15H24N2O/c1-12-5-4-6-14(9-12)13(2)16-10-15-11-17(3)7-8-18-15/h4-6,9,13,15-16H,7-8,10-11H2,1-3H3/t13-,15?/m1/s1. The molecule has 2 atom stereocenters. The number of benzene rings is 1. The summed E-state index contributed by atoms with van der Waals surface area (Å²) in [5, 5.41) is 3.56. The van der Waals surface area contributed by atoms with Crippen molar-refractivity contribution in [1.82, 2.24) is 10.2 Å². The molecule has 0 radical (unpaired) electrons. The van der Waals surface area contributed by atoms with Gasteiger partial charge in [0.05, 0.1) is 12.7 Å². The number of ether oxygens (including phenoxy) is 1. The summed E-state index contributed by atoms with van der Waals surface area (Å²) in [4.78, 5) is 2.33. The second kappa shape index (κ2) is 6.32. The number of morpholine rings is 1. The maximum atomic E-state index is 5.75. The molecule has 0 saturated carbocycles. The lowest BCUT2D eigenvalue weighted by atomic mass is 10.1. The van der Waals surface area contributed by atoms with E-state index in [-0.39, 0.29) is 0 Å². The zero-order valence-corrected chi connectivity index (χ0v) is 11.6. The topological polar surface area (TPSA) is 24.5 Å². The van der Waals surface area contributed by atoms with Crippen LogP contribution in [0.15, 0.2) is 24.3 Å². The Balaban J connectivity index is 1.82. The molecular weight excluding hydrogens is 224 g/mol. The van der Waals surface area contributed by atoms with Crippen molar-refractivity contribution in [2.45, 2.75) is 26.0 Å². The zero-order valence-electron chi connectivity index (χ0n) is 11.6. The van der Waals surface area contributed by atoms with E-state index in [1.807, 2.05) is 0 Å². The average Bonchev–Trinajstić information content (AvgIpc) is 2.36. The number of nitrogens with zero attached hydrogens (tertiary/aromatic N) is 1. The summed E-state index contributed by atoms with van der Waals surface area (Å²) in [6.45, 7) is 8.18. The Morgan fingerprint density at radius 1 is 1.50 bits per heavy atom. The van der Waals surface area contributed by atoms with Crippen molar-refractivity contribution < 1.29 is 4.74 Å². The molecule has 1 heterocycles. The van der Waals surface area contributed by atoms with Gasteiger partial charge in [-0.1, -0.05) is 29.8 Å². The molecule has 1 fully saturated rings. The molecule has 2 rings (SSSR count). The van der Waals surface area contributed by atoms with Crippen LogP contribution in [0.25, 0.3) is 0 Å². The van der Waals surface area contributed by atoms with Crippen molar-refractivity contribution in [3.63, 3.8) is 0 Å². The molecule has 1 aliphatic heterocycles. The van der Waals surface area contributed by atoms with Crippen molar-refractivity contribution >= 4 is 0 Å². The predicted molar refractivity (Wildman–Crippen MR) is 74.8 cm³/mol. The second-order valence-electron chi connectivity index (χ2n) is 5.30.